The molecule has 1 aliphatic rings. The lowest BCUT2D eigenvalue weighted by Gasteiger charge is -2.21. The van der Waals surface area contributed by atoms with Crippen LogP contribution in [0.3, 0.4) is 0 Å². The van der Waals surface area contributed by atoms with E-state index in [9.17, 15) is 15.0 Å². The fraction of sp³-hybridized carbons (Fsp3) is 0.562. The lowest BCUT2D eigenvalue weighted by molar-refractivity contribution is -0.142. The Bertz CT molecular complexity index is 487. The van der Waals surface area contributed by atoms with Crippen LogP contribution in [0.5, 0.6) is 5.75 Å². The first-order valence-electron chi connectivity index (χ1n) is 7.24. The van der Waals surface area contributed by atoms with E-state index in [1.54, 1.807) is 6.07 Å². The second-order valence-electron chi connectivity index (χ2n) is 5.83. The highest BCUT2D eigenvalue weighted by Crippen LogP contribution is 2.32. The minimum absolute atomic E-state index is 0.0185. The highest BCUT2D eigenvalue weighted by Gasteiger charge is 2.32. The Labute approximate surface area is 119 Å². The van der Waals surface area contributed by atoms with Crippen LogP contribution in [-0.2, 0) is 4.79 Å². The van der Waals surface area contributed by atoms with Crippen LogP contribution >= 0.6 is 0 Å². The minimum Gasteiger partial charge on any atom is -0.508 e. The predicted octanol–water partition coefficient (Wildman–Crippen LogP) is 2.85. The van der Waals surface area contributed by atoms with Gasteiger partial charge in [-0.1, -0.05) is 24.1 Å². The molecule has 1 aromatic rings. The molecule has 0 spiro atoms. The van der Waals surface area contributed by atoms with Gasteiger partial charge in [0.1, 0.15) is 5.75 Å². The van der Waals surface area contributed by atoms with Crippen LogP contribution in [0, 0.1) is 18.8 Å². The summed E-state index contributed by atoms with van der Waals surface area (Å²) in [7, 11) is 0. The van der Waals surface area contributed by atoms with Crippen molar-refractivity contribution >= 4 is 5.97 Å². The van der Waals surface area contributed by atoms with Gasteiger partial charge in [0.15, 0.2) is 0 Å². The maximum atomic E-state index is 11.2. The number of phenolic OH excluding ortho intramolecular Hbond substituents is 1. The Hall–Kier alpha value is -1.55. The van der Waals surface area contributed by atoms with Gasteiger partial charge in [0.25, 0.3) is 0 Å². The van der Waals surface area contributed by atoms with Gasteiger partial charge in [-0.05, 0) is 45.2 Å². The van der Waals surface area contributed by atoms with E-state index in [1.165, 1.54) is 0 Å². The first-order chi connectivity index (χ1) is 9.49. The molecule has 0 radical (unpaired) electrons. The molecule has 0 saturated heterocycles. The molecule has 1 aliphatic carbocycles. The minimum atomic E-state index is -0.680. The fourth-order valence-corrected chi connectivity index (χ4v) is 3.07. The van der Waals surface area contributed by atoms with Crippen molar-refractivity contribution in [3.63, 3.8) is 0 Å². The van der Waals surface area contributed by atoms with E-state index in [2.05, 4.69) is 5.32 Å². The van der Waals surface area contributed by atoms with Gasteiger partial charge in [-0.3, -0.25) is 4.79 Å². The third-order valence-electron chi connectivity index (χ3n) is 4.31. The van der Waals surface area contributed by atoms with Gasteiger partial charge in [0.05, 0.1) is 5.92 Å². The highest BCUT2D eigenvalue weighted by molar-refractivity contribution is 5.70. The summed E-state index contributed by atoms with van der Waals surface area (Å²) >= 11 is 0. The average Bonchev–Trinajstić information content (AvgIpc) is 2.87. The van der Waals surface area contributed by atoms with E-state index in [0.717, 1.165) is 30.4 Å². The van der Waals surface area contributed by atoms with E-state index in [4.69, 9.17) is 0 Å². The number of carboxylic acids is 1. The normalized spacial score (nSPS) is 23.7. The lowest BCUT2D eigenvalue weighted by Crippen LogP contribution is -2.30. The molecule has 0 bridgehead atoms. The molecule has 20 heavy (non-hydrogen) atoms. The Morgan fingerprint density at radius 2 is 2.20 bits per heavy atom. The summed E-state index contributed by atoms with van der Waals surface area (Å²) in [5.41, 5.74) is 1.98. The predicted molar refractivity (Wildman–Crippen MR) is 77.7 cm³/mol. The summed E-state index contributed by atoms with van der Waals surface area (Å²) in [5.74, 6) is -0.417. The molecule has 1 fully saturated rings. The molecule has 0 aromatic heterocycles. The number of aromatic hydroxyl groups is 1. The average molecular weight is 277 g/mol. The van der Waals surface area contributed by atoms with Crippen LogP contribution in [0.1, 0.15) is 43.4 Å². The summed E-state index contributed by atoms with van der Waals surface area (Å²) in [6.07, 6.45) is 2.75. The fourth-order valence-electron chi connectivity index (χ4n) is 3.07. The van der Waals surface area contributed by atoms with Crippen molar-refractivity contribution in [2.24, 2.45) is 11.8 Å². The van der Waals surface area contributed by atoms with Gasteiger partial charge in [0.2, 0.25) is 0 Å². The first kappa shape index (κ1) is 14.9. The van der Waals surface area contributed by atoms with Gasteiger partial charge < -0.3 is 15.5 Å². The van der Waals surface area contributed by atoms with Gasteiger partial charge >= 0.3 is 5.97 Å². The molecule has 4 nitrogen and oxygen atoms in total. The summed E-state index contributed by atoms with van der Waals surface area (Å²) in [6, 6.07) is 5.57. The lowest BCUT2D eigenvalue weighted by atomic mass is 9.95. The first-order valence-corrected chi connectivity index (χ1v) is 7.24. The number of phenols is 1. The molecular formula is C16H23NO3. The van der Waals surface area contributed by atoms with Crippen LogP contribution in [0.2, 0.25) is 0 Å². The zero-order valence-corrected chi connectivity index (χ0v) is 12.1. The molecule has 1 aromatic carbocycles. The molecule has 110 valence electrons. The van der Waals surface area contributed by atoms with Crippen molar-refractivity contribution < 1.29 is 15.0 Å². The van der Waals surface area contributed by atoms with Gasteiger partial charge in [-0.15, -0.1) is 0 Å². The van der Waals surface area contributed by atoms with E-state index in [0.29, 0.717) is 6.54 Å². The zero-order valence-electron chi connectivity index (χ0n) is 12.1. The number of hydrogen-bond donors (Lipinski definition) is 3. The van der Waals surface area contributed by atoms with Gasteiger partial charge in [-0.25, -0.2) is 0 Å². The topological polar surface area (TPSA) is 69.6 Å². The molecule has 3 N–H and O–H groups in total. The van der Waals surface area contributed by atoms with Crippen LogP contribution in [0.15, 0.2) is 18.2 Å². The Morgan fingerprint density at radius 3 is 2.90 bits per heavy atom. The van der Waals surface area contributed by atoms with Crippen LogP contribution in [-0.4, -0.2) is 22.7 Å². The Morgan fingerprint density at radius 1 is 1.45 bits per heavy atom. The number of nitrogens with one attached hydrogen (secondary N) is 1. The number of carboxylic acid groups (broad SMARTS) is 1. The van der Waals surface area contributed by atoms with Gasteiger partial charge in [0, 0.05) is 11.6 Å². The number of aryl methyl sites for hydroxylation is 1. The van der Waals surface area contributed by atoms with Crippen molar-refractivity contribution in [3.05, 3.63) is 29.3 Å². The Kier molecular flexibility index (Phi) is 4.65. The standard InChI is InChI=1S/C16H23NO3/c1-10-6-7-15(18)14(8-10)11(2)17-9-12-4-3-5-13(12)16(19)20/h6-8,11-13,17-18H,3-5,9H2,1-2H3,(H,19,20). The number of rotatable bonds is 5. The SMILES string of the molecule is Cc1ccc(O)c(C(C)NCC2CCCC2C(=O)O)c1. The molecule has 2 rings (SSSR count). The molecule has 0 aliphatic heterocycles. The van der Waals surface area contributed by atoms with E-state index < -0.39 is 5.97 Å². The third kappa shape index (κ3) is 3.31. The summed E-state index contributed by atoms with van der Waals surface area (Å²) in [5, 5.41) is 22.5. The molecule has 0 amide bonds. The Balaban J connectivity index is 1.96. The smallest absolute Gasteiger partial charge is 0.306 e. The van der Waals surface area contributed by atoms with Crippen molar-refractivity contribution in [3.8, 4) is 5.75 Å². The van der Waals surface area contributed by atoms with Crippen molar-refractivity contribution in [2.45, 2.75) is 39.2 Å². The second kappa shape index (κ2) is 6.27. The summed E-state index contributed by atoms with van der Waals surface area (Å²) < 4.78 is 0. The molecule has 1 saturated carbocycles. The monoisotopic (exact) mass is 277 g/mol. The molecule has 3 atom stereocenters. The maximum Gasteiger partial charge on any atom is 0.306 e. The maximum absolute atomic E-state index is 11.2. The zero-order chi connectivity index (χ0) is 14.7. The highest BCUT2D eigenvalue weighted by atomic mass is 16.4. The van der Waals surface area contributed by atoms with E-state index in [-0.39, 0.29) is 23.6 Å². The van der Waals surface area contributed by atoms with E-state index in [1.807, 2.05) is 26.0 Å². The molecular weight excluding hydrogens is 254 g/mol. The summed E-state index contributed by atoms with van der Waals surface area (Å²) in [4.78, 5) is 11.2. The van der Waals surface area contributed by atoms with Crippen LogP contribution in [0.4, 0.5) is 0 Å². The van der Waals surface area contributed by atoms with Crippen molar-refractivity contribution in [1.29, 1.82) is 0 Å². The van der Waals surface area contributed by atoms with E-state index >= 15 is 0 Å². The number of aliphatic carboxylic acids is 1. The molecule has 3 unspecified atom stereocenters. The van der Waals surface area contributed by atoms with Gasteiger partial charge in [-0.2, -0.15) is 0 Å². The largest absolute Gasteiger partial charge is 0.508 e. The number of carbonyl (C=O) groups is 1. The van der Waals surface area contributed by atoms with Crippen molar-refractivity contribution in [1.82, 2.24) is 5.32 Å². The molecule has 4 heteroatoms. The van der Waals surface area contributed by atoms with Crippen molar-refractivity contribution in [2.75, 3.05) is 6.54 Å². The quantitative estimate of drug-likeness (QED) is 0.774. The molecule has 0 heterocycles. The number of benzene rings is 1. The van der Waals surface area contributed by atoms with Crippen LogP contribution in [0.25, 0.3) is 0 Å². The third-order valence-corrected chi connectivity index (χ3v) is 4.31. The second-order valence-corrected chi connectivity index (χ2v) is 5.83. The number of hydrogen-bond acceptors (Lipinski definition) is 3. The summed E-state index contributed by atoms with van der Waals surface area (Å²) in [6.45, 7) is 4.68. The van der Waals surface area contributed by atoms with Crippen LogP contribution < -0.4 is 5.32 Å².